The number of carboxylic acids is 2. The third-order valence-corrected chi connectivity index (χ3v) is 9.53. The Kier molecular flexibility index (Phi) is 13.8. The normalized spacial score (nSPS) is 18.4. The van der Waals surface area contributed by atoms with Crippen molar-refractivity contribution in [2.24, 2.45) is 5.16 Å². The minimum absolute atomic E-state index is 0.0609. The number of rotatable bonds is 15. The van der Waals surface area contributed by atoms with Crippen LogP contribution in [-0.4, -0.2) is 142 Å². The monoisotopic (exact) mass is 850 g/mol. The van der Waals surface area contributed by atoms with Gasteiger partial charge >= 0.3 is 22.5 Å². The van der Waals surface area contributed by atoms with E-state index in [1.54, 1.807) is 18.3 Å². The zero-order valence-corrected chi connectivity index (χ0v) is 31.9. The summed E-state index contributed by atoms with van der Waals surface area (Å²) in [7, 11) is -2.80. The summed E-state index contributed by atoms with van der Waals surface area (Å²) in [6.07, 6.45) is -3.14. The number of nitrogen functional groups attached to an aromatic ring is 1. The van der Waals surface area contributed by atoms with Gasteiger partial charge in [-0.15, -0.1) is 15.6 Å². The fourth-order valence-corrected chi connectivity index (χ4v) is 6.19. The number of thiazole rings is 1. The van der Waals surface area contributed by atoms with Gasteiger partial charge in [0.25, 0.3) is 17.9 Å². The van der Waals surface area contributed by atoms with Gasteiger partial charge in [-0.2, -0.15) is 31.8 Å². The van der Waals surface area contributed by atoms with E-state index in [4.69, 9.17) is 34.5 Å². The van der Waals surface area contributed by atoms with Crippen LogP contribution >= 0.6 is 11.3 Å². The van der Waals surface area contributed by atoms with Crippen molar-refractivity contribution >= 4 is 56.3 Å². The van der Waals surface area contributed by atoms with Gasteiger partial charge in [-0.1, -0.05) is 17.3 Å². The van der Waals surface area contributed by atoms with Crippen LogP contribution in [-0.2, 0) is 50.0 Å². The SMILES string of the molecule is CC1(C)C(NC(=O)C(=NOC(COc2ccc(-c3cnn(CC[N+]4(C)CCOCC4)c3)cc2)C(=O)O)c2csc(N)n2)C(=O)N1OS(=O)(=O)O.O=C([O-])C(F)(F)F. The van der Waals surface area contributed by atoms with Gasteiger partial charge in [0.15, 0.2) is 10.8 Å². The standard InChI is InChI=1S/C29H36N8O11S2.C2HF3O2/c1-29(2)24(26(39)36(29)48-50(42,43)44)33-25(38)23(21-17-49-28(30)32-21)34-47-22(27(40)41)16-46-20-6-4-18(5-7-20)19-14-31-35(15-19)8-9-37(3)10-12-45-13-11-37;3-2(4,5)1(6)7/h4-7,14-15,17,22,24H,8-13,16H2,1-3H3,(H4-,30,32,33,38,40,41,42,43,44);(H,6,7). The second-order valence-corrected chi connectivity index (χ2v) is 15.0. The first-order valence-electron chi connectivity index (χ1n) is 16.4. The minimum atomic E-state index is -5.19. The van der Waals surface area contributed by atoms with Crippen LogP contribution in [0.1, 0.15) is 19.5 Å². The molecular formula is C31H37F3N8O13S2. The lowest BCUT2D eigenvalue weighted by molar-refractivity contribution is -0.917. The number of benzene rings is 1. The number of aliphatic carboxylic acids is 2. The first kappa shape index (κ1) is 44.3. The number of nitrogens with two attached hydrogens (primary N) is 1. The molecule has 0 spiro atoms. The molecule has 26 heteroatoms. The molecule has 312 valence electrons. The number of aromatic nitrogens is 3. The number of amides is 2. The zero-order chi connectivity index (χ0) is 42.3. The van der Waals surface area contributed by atoms with Crippen molar-refractivity contribution in [3.05, 3.63) is 47.7 Å². The molecule has 0 radical (unpaired) electrons. The summed E-state index contributed by atoms with van der Waals surface area (Å²) in [5.74, 6) is -6.12. The van der Waals surface area contributed by atoms with E-state index in [1.165, 1.54) is 19.2 Å². The quantitative estimate of drug-likeness (QED) is 0.0491. The van der Waals surface area contributed by atoms with E-state index >= 15 is 0 Å². The van der Waals surface area contributed by atoms with Crippen molar-refractivity contribution in [1.82, 2.24) is 25.1 Å². The molecule has 0 saturated carbocycles. The highest BCUT2D eigenvalue weighted by atomic mass is 32.3. The van der Waals surface area contributed by atoms with E-state index in [0.717, 1.165) is 66.3 Å². The van der Waals surface area contributed by atoms with Crippen LogP contribution < -0.4 is 20.9 Å². The number of nitrogens with one attached hydrogen (secondary N) is 1. The maximum Gasteiger partial charge on any atom is 0.430 e. The number of likely N-dealkylation sites (N-methyl/N-ethyl adjacent to an activating group) is 1. The summed E-state index contributed by atoms with van der Waals surface area (Å²) in [5, 5.41) is 31.0. The number of carboxylic acid groups (broad SMARTS) is 2. The minimum Gasteiger partial charge on any atom is -0.542 e. The molecular weight excluding hydrogens is 814 g/mol. The molecule has 2 aliphatic rings. The summed E-state index contributed by atoms with van der Waals surface area (Å²) < 4.78 is 81.0. The molecule has 2 aromatic heterocycles. The number of hydrogen-bond donors (Lipinski definition) is 4. The van der Waals surface area contributed by atoms with Gasteiger partial charge in [-0.3, -0.25) is 18.8 Å². The molecule has 2 atom stereocenters. The van der Waals surface area contributed by atoms with Crippen molar-refractivity contribution in [2.75, 3.05) is 52.2 Å². The Hall–Kier alpha value is -5.41. The highest BCUT2D eigenvalue weighted by molar-refractivity contribution is 7.80. The molecule has 0 aliphatic carbocycles. The number of ether oxygens (including phenoxy) is 2. The summed E-state index contributed by atoms with van der Waals surface area (Å²) in [5.41, 5.74) is 5.46. The number of carbonyl (C=O) groups is 4. The number of alkyl halides is 3. The lowest BCUT2D eigenvalue weighted by atomic mass is 9.84. The largest absolute Gasteiger partial charge is 0.542 e. The maximum absolute atomic E-state index is 13.2. The van der Waals surface area contributed by atoms with Crippen molar-refractivity contribution in [3.63, 3.8) is 0 Å². The Morgan fingerprint density at radius 3 is 2.37 bits per heavy atom. The number of anilines is 1. The number of carbonyl (C=O) groups excluding carboxylic acids is 3. The molecule has 2 aliphatic heterocycles. The Balaban J connectivity index is 0.000000940. The summed E-state index contributed by atoms with van der Waals surface area (Å²) in [4.78, 5) is 55.8. The number of β-lactam (4-membered cyclic amide) rings is 1. The molecule has 5 N–H and O–H groups in total. The number of hydroxylamine groups is 2. The first-order chi connectivity index (χ1) is 26.5. The molecule has 21 nitrogen and oxygen atoms in total. The van der Waals surface area contributed by atoms with Crippen LogP contribution in [0.5, 0.6) is 5.75 Å². The van der Waals surface area contributed by atoms with Crippen molar-refractivity contribution in [3.8, 4) is 16.9 Å². The predicted octanol–water partition coefficient (Wildman–Crippen LogP) is -0.543. The molecule has 2 unspecified atom stereocenters. The molecule has 5 rings (SSSR count). The number of hydrogen-bond acceptors (Lipinski definition) is 16. The van der Waals surface area contributed by atoms with Gasteiger partial charge in [0.05, 0.1) is 45.1 Å². The summed E-state index contributed by atoms with van der Waals surface area (Å²) >= 11 is 0.962. The van der Waals surface area contributed by atoms with Crippen molar-refractivity contribution < 1.29 is 78.6 Å². The number of quaternary nitrogens is 1. The van der Waals surface area contributed by atoms with Crippen LogP contribution in [0.25, 0.3) is 11.1 Å². The van der Waals surface area contributed by atoms with Crippen molar-refractivity contribution in [2.45, 2.75) is 44.3 Å². The molecule has 4 heterocycles. The van der Waals surface area contributed by atoms with Gasteiger partial charge in [0.2, 0.25) is 0 Å². The van der Waals surface area contributed by atoms with E-state index in [2.05, 4.69) is 31.9 Å². The Morgan fingerprint density at radius 2 is 1.84 bits per heavy atom. The smallest absolute Gasteiger partial charge is 0.430 e. The number of oxime groups is 1. The molecule has 3 aromatic rings. The van der Waals surface area contributed by atoms with E-state index in [0.29, 0.717) is 10.8 Å². The number of morpholine rings is 1. The third-order valence-electron chi connectivity index (χ3n) is 8.52. The average Bonchev–Trinajstić information content (AvgIpc) is 3.79. The fraction of sp³-hybridized carbons (Fsp3) is 0.452. The Labute approximate surface area is 325 Å². The molecule has 57 heavy (non-hydrogen) atoms. The van der Waals surface area contributed by atoms with Crippen LogP contribution in [0.2, 0.25) is 0 Å². The second kappa shape index (κ2) is 17.8. The zero-order valence-electron chi connectivity index (χ0n) is 30.2. The van der Waals surface area contributed by atoms with Crippen LogP contribution in [0.3, 0.4) is 0 Å². The highest BCUT2D eigenvalue weighted by Gasteiger charge is 2.58. The predicted molar refractivity (Wildman–Crippen MR) is 187 cm³/mol. The second-order valence-electron chi connectivity index (χ2n) is 13.2. The molecule has 0 bridgehead atoms. The van der Waals surface area contributed by atoms with Gasteiger partial charge in [0.1, 0.15) is 43.2 Å². The summed E-state index contributed by atoms with van der Waals surface area (Å²) in [6, 6.07) is 5.62. The van der Waals surface area contributed by atoms with E-state index in [9.17, 15) is 41.1 Å². The first-order valence-corrected chi connectivity index (χ1v) is 18.7. The lowest BCUT2D eigenvalue weighted by Gasteiger charge is -2.50. The number of halogens is 3. The van der Waals surface area contributed by atoms with E-state index in [1.807, 2.05) is 23.0 Å². The van der Waals surface area contributed by atoms with Gasteiger partial charge in [0, 0.05) is 17.1 Å². The summed E-state index contributed by atoms with van der Waals surface area (Å²) in [6.45, 7) is 7.37. The molecule has 2 saturated heterocycles. The van der Waals surface area contributed by atoms with Gasteiger partial charge in [-0.05, 0) is 31.5 Å². The molecule has 1 aromatic carbocycles. The molecule has 2 amide bonds. The Morgan fingerprint density at radius 1 is 1.21 bits per heavy atom. The maximum atomic E-state index is 13.2. The topological polar surface area (TPSA) is 287 Å². The van der Waals surface area contributed by atoms with Crippen LogP contribution in [0.15, 0.2) is 47.2 Å². The molecule has 2 fully saturated rings. The average molecular weight is 851 g/mol. The third kappa shape index (κ3) is 12.0. The van der Waals surface area contributed by atoms with E-state index < -0.39 is 70.3 Å². The lowest BCUT2D eigenvalue weighted by Crippen LogP contribution is -2.76. The van der Waals surface area contributed by atoms with E-state index in [-0.39, 0.29) is 10.8 Å². The van der Waals surface area contributed by atoms with Crippen LogP contribution in [0.4, 0.5) is 18.3 Å². The van der Waals surface area contributed by atoms with Gasteiger partial charge in [-0.25, -0.2) is 9.78 Å². The highest BCUT2D eigenvalue weighted by Crippen LogP contribution is 2.33. The van der Waals surface area contributed by atoms with Crippen molar-refractivity contribution in [1.29, 1.82) is 0 Å². The Bertz CT molecular complexity index is 2070. The van der Waals surface area contributed by atoms with Crippen LogP contribution in [0, 0.1) is 0 Å². The number of nitrogens with zero attached hydrogens (tertiary/aromatic N) is 6. The van der Waals surface area contributed by atoms with Gasteiger partial charge < -0.3 is 44.9 Å². The fourth-order valence-electron chi connectivity index (χ4n) is 5.19.